The van der Waals surface area contributed by atoms with E-state index in [1.165, 1.54) is 44.9 Å². The molecule has 0 aliphatic rings. The van der Waals surface area contributed by atoms with E-state index >= 15 is 0 Å². The Kier molecular flexibility index (Phi) is 14.8. The van der Waals surface area contributed by atoms with Crippen LogP contribution < -0.4 is 43.3 Å². The van der Waals surface area contributed by atoms with Crippen LogP contribution in [0, 0.1) is 0 Å². The molecule has 1 aromatic carbocycles. The van der Waals surface area contributed by atoms with Crippen LogP contribution in [0.4, 0.5) is 0 Å². The molecule has 2 aromatic rings. The predicted octanol–water partition coefficient (Wildman–Crippen LogP) is 2.46. The number of pyridine rings is 1. The molecular formula is C26H39IN2O3. The normalized spacial score (nSPS) is 10.3. The number of nitrogens with zero attached hydrogens (tertiary/aromatic N) is 1. The summed E-state index contributed by atoms with van der Waals surface area (Å²) in [5.74, 6) is 1.16. The number of ether oxygens (including phenoxy) is 2. The number of hydrogen-bond acceptors (Lipinski definition) is 3. The molecule has 5 nitrogen and oxygen atoms in total. The number of unbranched alkanes of at least 4 members (excludes halogenated alkanes) is 7. The summed E-state index contributed by atoms with van der Waals surface area (Å²) in [6.45, 7) is 6.39. The van der Waals surface area contributed by atoms with Crippen LogP contribution in [0.5, 0.6) is 11.5 Å². The fourth-order valence-electron chi connectivity index (χ4n) is 3.51. The molecule has 0 aliphatic carbocycles. The summed E-state index contributed by atoms with van der Waals surface area (Å²) in [7, 11) is 1.60. The molecule has 0 atom stereocenters. The first-order valence-electron chi connectivity index (χ1n) is 11.7. The molecule has 0 bridgehead atoms. The van der Waals surface area contributed by atoms with Crippen molar-refractivity contribution in [3.8, 4) is 11.5 Å². The fourth-order valence-corrected chi connectivity index (χ4v) is 3.51. The van der Waals surface area contributed by atoms with E-state index in [9.17, 15) is 4.79 Å². The van der Waals surface area contributed by atoms with Crippen LogP contribution in [0.3, 0.4) is 0 Å². The van der Waals surface area contributed by atoms with Gasteiger partial charge in [0.15, 0.2) is 23.9 Å². The van der Waals surface area contributed by atoms with E-state index in [1.54, 1.807) is 19.2 Å². The predicted molar refractivity (Wildman–Crippen MR) is 125 cm³/mol. The SMILES string of the molecule is CCCCCCCCCCOc1ccc(C(=O)NCc2ccc[n+](CC)c2)cc1OC.[I-]. The molecule has 0 fully saturated rings. The molecule has 1 N–H and O–H groups in total. The Balaban J connectivity index is 0.00000512. The number of rotatable bonds is 15. The Hall–Kier alpha value is -1.83. The molecule has 1 aromatic heterocycles. The van der Waals surface area contributed by atoms with Gasteiger partial charge in [-0.2, -0.15) is 0 Å². The van der Waals surface area contributed by atoms with Crippen LogP contribution >= 0.6 is 0 Å². The highest BCUT2D eigenvalue weighted by Crippen LogP contribution is 2.28. The van der Waals surface area contributed by atoms with Gasteiger partial charge in [0.2, 0.25) is 0 Å². The third kappa shape index (κ3) is 10.2. The van der Waals surface area contributed by atoms with Gasteiger partial charge in [0, 0.05) is 23.7 Å². The van der Waals surface area contributed by atoms with Crippen molar-refractivity contribution in [2.75, 3.05) is 13.7 Å². The topological polar surface area (TPSA) is 51.4 Å². The molecule has 0 saturated carbocycles. The summed E-state index contributed by atoms with van der Waals surface area (Å²) in [5.41, 5.74) is 1.63. The number of halogens is 1. The minimum atomic E-state index is -0.125. The van der Waals surface area contributed by atoms with E-state index in [4.69, 9.17) is 9.47 Å². The standard InChI is InChI=1S/C26H38N2O3.HI/c1-4-6-7-8-9-10-11-12-18-31-24-16-15-23(19-25(24)30-3)26(29)27-20-22-14-13-17-28(5-2)21-22;/h13-17,19,21H,4-12,18,20H2,1-3H3;1H. The average molecular weight is 555 g/mol. The van der Waals surface area contributed by atoms with Gasteiger partial charge in [0.05, 0.1) is 13.7 Å². The highest BCUT2D eigenvalue weighted by molar-refractivity contribution is 5.94. The lowest BCUT2D eigenvalue weighted by molar-refractivity contribution is -0.694. The summed E-state index contributed by atoms with van der Waals surface area (Å²) >= 11 is 0. The van der Waals surface area contributed by atoms with Crippen molar-refractivity contribution < 1.29 is 42.8 Å². The molecule has 178 valence electrons. The summed E-state index contributed by atoms with van der Waals surface area (Å²) in [4.78, 5) is 12.6. The van der Waals surface area contributed by atoms with E-state index in [2.05, 4.69) is 23.7 Å². The summed E-state index contributed by atoms with van der Waals surface area (Å²) in [6.07, 6.45) is 14.2. The second-order valence-electron chi connectivity index (χ2n) is 7.91. The van der Waals surface area contributed by atoms with E-state index in [0.717, 1.165) is 18.5 Å². The summed E-state index contributed by atoms with van der Waals surface area (Å²) in [5, 5.41) is 2.97. The van der Waals surface area contributed by atoms with Gasteiger partial charge >= 0.3 is 0 Å². The van der Waals surface area contributed by atoms with Gasteiger partial charge in [-0.1, -0.05) is 51.9 Å². The third-order valence-corrected chi connectivity index (χ3v) is 5.42. The van der Waals surface area contributed by atoms with Gasteiger partial charge in [-0.25, -0.2) is 4.57 Å². The van der Waals surface area contributed by atoms with Gasteiger partial charge in [-0.3, -0.25) is 4.79 Å². The molecule has 6 heteroatoms. The van der Waals surface area contributed by atoms with Crippen molar-refractivity contribution in [3.63, 3.8) is 0 Å². The quantitative estimate of drug-likeness (QED) is 0.209. The zero-order chi connectivity index (χ0) is 22.3. The molecule has 0 unspecified atom stereocenters. The molecule has 0 saturated heterocycles. The van der Waals surface area contributed by atoms with E-state index < -0.39 is 0 Å². The number of carbonyl (C=O) groups excluding carboxylic acids is 1. The molecule has 1 heterocycles. The number of hydrogen-bond donors (Lipinski definition) is 1. The van der Waals surface area contributed by atoms with Crippen LogP contribution in [0.2, 0.25) is 0 Å². The molecular weight excluding hydrogens is 515 g/mol. The minimum absolute atomic E-state index is 0. The van der Waals surface area contributed by atoms with Crippen molar-refractivity contribution in [2.45, 2.75) is 78.3 Å². The largest absolute Gasteiger partial charge is 1.00 e. The molecule has 1 amide bonds. The Morgan fingerprint density at radius 1 is 0.969 bits per heavy atom. The Labute approximate surface area is 210 Å². The lowest BCUT2D eigenvalue weighted by Crippen LogP contribution is -3.00. The molecule has 0 spiro atoms. The van der Waals surface area contributed by atoms with E-state index in [0.29, 0.717) is 30.2 Å². The minimum Gasteiger partial charge on any atom is -1.00 e. The van der Waals surface area contributed by atoms with Gasteiger partial charge in [0.1, 0.15) is 6.54 Å². The van der Waals surface area contributed by atoms with Gasteiger partial charge in [-0.15, -0.1) is 0 Å². The number of benzene rings is 1. The maximum Gasteiger partial charge on any atom is 0.251 e. The number of nitrogens with one attached hydrogen (secondary N) is 1. The van der Waals surface area contributed by atoms with E-state index in [-0.39, 0.29) is 29.9 Å². The number of aromatic nitrogens is 1. The van der Waals surface area contributed by atoms with Crippen molar-refractivity contribution in [1.82, 2.24) is 5.32 Å². The van der Waals surface area contributed by atoms with Crippen LogP contribution in [0.15, 0.2) is 42.7 Å². The van der Waals surface area contributed by atoms with Crippen molar-refractivity contribution in [3.05, 3.63) is 53.9 Å². The Bertz CT molecular complexity index is 798. The lowest BCUT2D eigenvalue weighted by Gasteiger charge is -2.12. The smallest absolute Gasteiger partial charge is 0.251 e. The van der Waals surface area contributed by atoms with Gasteiger partial charge in [-0.05, 0) is 37.6 Å². The first-order valence-corrected chi connectivity index (χ1v) is 11.7. The summed E-state index contributed by atoms with van der Waals surface area (Å²) in [6, 6.07) is 9.36. The zero-order valence-electron chi connectivity index (χ0n) is 19.9. The molecule has 2 rings (SSSR count). The first kappa shape index (κ1) is 28.2. The van der Waals surface area contributed by atoms with E-state index in [1.807, 2.05) is 30.6 Å². The van der Waals surface area contributed by atoms with Crippen molar-refractivity contribution in [2.24, 2.45) is 0 Å². The Morgan fingerprint density at radius 2 is 1.69 bits per heavy atom. The van der Waals surface area contributed by atoms with Crippen LogP contribution in [-0.2, 0) is 13.1 Å². The van der Waals surface area contributed by atoms with Crippen LogP contribution in [0.25, 0.3) is 0 Å². The maximum absolute atomic E-state index is 12.6. The monoisotopic (exact) mass is 554 g/mol. The fraction of sp³-hybridized carbons (Fsp3) is 0.538. The molecule has 32 heavy (non-hydrogen) atoms. The zero-order valence-corrected chi connectivity index (χ0v) is 22.0. The lowest BCUT2D eigenvalue weighted by atomic mass is 10.1. The number of amides is 1. The van der Waals surface area contributed by atoms with Crippen LogP contribution in [-0.4, -0.2) is 19.6 Å². The van der Waals surface area contributed by atoms with Crippen molar-refractivity contribution >= 4 is 5.91 Å². The maximum atomic E-state index is 12.6. The molecule has 0 aliphatic heterocycles. The van der Waals surface area contributed by atoms with Gasteiger partial charge < -0.3 is 38.8 Å². The number of methoxy groups -OCH3 is 1. The second kappa shape index (κ2) is 16.8. The van der Waals surface area contributed by atoms with Crippen LogP contribution in [0.1, 0.15) is 81.1 Å². The second-order valence-corrected chi connectivity index (χ2v) is 7.91. The average Bonchev–Trinajstić information content (AvgIpc) is 2.81. The highest BCUT2D eigenvalue weighted by Gasteiger charge is 2.12. The number of aryl methyl sites for hydroxylation is 1. The summed E-state index contributed by atoms with van der Waals surface area (Å²) < 4.78 is 13.4. The first-order chi connectivity index (χ1) is 15.2. The molecule has 0 radical (unpaired) electrons. The Morgan fingerprint density at radius 3 is 2.38 bits per heavy atom. The number of carbonyl (C=O) groups is 1. The highest BCUT2D eigenvalue weighted by atomic mass is 127. The van der Waals surface area contributed by atoms with Crippen molar-refractivity contribution in [1.29, 1.82) is 0 Å². The third-order valence-electron chi connectivity index (χ3n) is 5.42. The van der Waals surface area contributed by atoms with Gasteiger partial charge in [0.25, 0.3) is 5.91 Å².